The summed E-state index contributed by atoms with van der Waals surface area (Å²) in [7, 11) is 0. The summed E-state index contributed by atoms with van der Waals surface area (Å²) in [6.07, 6.45) is 7.65. The van der Waals surface area contributed by atoms with Crippen molar-refractivity contribution in [1.29, 1.82) is 0 Å². The van der Waals surface area contributed by atoms with Crippen LogP contribution in [-0.4, -0.2) is 17.2 Å². The van der Waals surface area contributed by atoms with Gasteiger partial charge in [0.05, 0.1) is 6.10 Å². The Morgan fingerprint density at radius 1 is 1.10 bits per heavy atom. The van der Waals surface area contributed by atoms with Gasteiger partial charge in [-0.15, -0.1) is 0 Å². The van der Waals surface area contributed by atoms with Gasteiger partial charge in [0.25, 0.3) is 0 Å². The highest BCUT2D eigenvalue weighted by molar-refractivity contribution is 5.72. The van der Waals surface area contributed by atoms with Gasteiger partial charge in [-0.3, -0.25) is 4.79 Å². The van der Waals surface area contributed by atoms with Gasteiger partial charge in [0.1, 0.15) is 5.75 Å². The minimum absolute atomic E-state index is 0.118. The Balaban J connectivity index is 1.26. The van der Waals surface area contributed by atoms with E-state index >= 15 is 0 Å². The lowest BCUT2D eigenvalue weighted by Gasteiger charge is -2.50. The Hall–Kier alpha value is -2.13. The highest BCUT2D eigenvalue weighted by Gasteiger charge is 2.54. The third-order valence-electron chi connectivity index (χ3n) is 8.34. The van der Waals surface area contributed by atoms with Gasteiger partial charge in [-0.1, -0.05) is 43.3 Å². The number of ether oxygens (including phenoxy) is 1. The molecule has 3 aliphatic rings. The Morgan fingerprint density at radius 3 is 2.77 bits per heavy atom. The van der Waals surface area contributed by atoms with Crippen molar-refractivity contribution in [3.8, 4) is 5.75 Å². The van der Waals surface area contributed by atoms with Gasteiger partial charge in [0.2, 0.25) is 0 Å². The maximum absolute atomic E-state index is 12.3. The number of aliphatic hydroxyl groups is 1. The van der Waals surface area contributed by atoms with E-state index in [1.54, 1.807) is 0 Å². The summed E-state index contributed by atoms with van der Waals surface area (Å²) in [6.45, 7) is 2.32. The minimum Gasteiger partial charge on any atom is -0.427 e. The van der Waals surface area contributed by atoms with Crippen LogP contribution in [0.2, 0.25) is 0 Å². The van der Waals surface area contributed by atoms with Crippen molar-refractivity contribution in [2.24, 2.45) is 17.3 Å². The van der Waals surface area contributed by atoms with Crippen LogP contribution in [0.5, 0.6) is 5.75 Å². The highest BCUT2D eigenvalue weighted by atomic mass is 16.5. The first-order valence-corrected chi connectivity index (χ1v) is 11.6. The van der Waals surface area contributed by atoms with Crippen molar-refractivity contribution in [2.75, 3.05) is 0 Å². The molecule has 2 saturated carbocycles. The van der Waals surface area contributed by atoms with Gasteiger partial charge < -0.3 is 9.84 Å². The van der Waals surface area contributed by atoms with E-state index in [0.717, 1.165) is 31.2 Å². The SMILES string of the molecule is C[C@]12CCC3c4ccc(OC(=O)CCc5ccccc5)cc4CCC3C1CC[C@@H]2O. The average molecular weight is 405 g/mol. The molecule has 0 bridgehead atoms. The molecule has 30 heavy (non-hydrogen) atoms. The second-order valence-corrected chi connectivity index (χ2v) is 9.87. The third kappa shape index (κ3) is 3.47. The fourth-order valence-electron chi connectivity index (χ4n) is 6.67. The van der Waals surface area contributed by atoms with Gasteiger partial charge in [-0.2, -0.15) is 0 Å². The molecule has 158 valence electrons. The number of hydrogen-bond acceptors (Lipinski definition) is 3. The normalized spacial score (nSPS) is 32.1. The Kier molecular flexibility index (Phi) is 5.18. The summed E-state index contributed by atoms with van der Waals surface area (Å²) in [5, 5.41) is 10.6. The summed E-state index contributed by atoms with van der Waals surface area (Å²) < 4.78 is 5.67. The fraction of sp³-hybridized carbons (Fsp3) is 0.519. The van der Waals surface area contributed by atoms with Crippen molar-refractivity contribution in [1.82, 2.24) is 0 Å². The van der Waals surface area contributed by atoms with Crippen LogP contribution >= 0.6 is 0 Å². The van der Waals surface area contributed by atoms with Crippen molar-refractivity contribution in [3.63, 3.8) is 0 Å². The van der Waals surface area contributed by atoms with Gasteiger partial charge >= 0.3 is 5.97 Å². The van der Waals surface area contributed by atoms with Crippen molar-refractivity contribution >= 4 is 5.97 Å². The van der Waals surface area contributed by atoms with Crippen LogP contribution in [0.15, 0.2) is 48.5 Å². The Bertz CT molecular complexity index is 921. The number of rotatable bonds is 4. The maximum atomic E-state index is 12.3. The highest BCUT2D eigenvalue weighted by Crippen LogP contribution is 2.60. The molecule has 2 aromatic carbocycles. The van der Waals surface area contributed by atoms with Gasteiger partial charge in [0, 0.05) is 6.42 Å². The quantitative estimate of drug-likeness (QED) is 0.545. The van der Waals surface area contributed by atoms with E-state index < -0.39 is 0 Å². The number of benzene rings is 2. The van der Waals surface area contributed by atoms with Crippen molar-refractivity contribution in [3.05, 3.63) is 65.2 Å². The van der Waals surface area contributed by atoms with Crippen LogP contribution in [0.1, 0.15) is 68.1 Å². The molecule has 0 aromatic heterocycles. The zero-order valence-corrected chi connectivity index (χ0v) is 17.8. The predicted molar refractivity (Wildman–Crippen MR) is 117 cm³/mol. The Morgan fingerprint density at radius 2 is 1.93 bits per heavy atom. The first-order chi connectivity index (χ1) is 14.5. The first kappa shape index (κ1) is 19.8. The van der Waals surface area contributed by atoms with Gasteiger partial charge in [-0.25, -0.2) is 0 Å². The molecule has 0 heterocycles. The lowest BCUT2D eigenvalue weighted by Crippen LogP contribution is -2.43. The number of esters is 1. The molecule has 2 aromatic rings. The topological polar surface area (TPSA) is 46.5 Å². The fourth-order valence-corrected chi connectivity index (χ4v) is 6.67. The summed E-state index contributed by atoms with van der Waals surface area (Å²) in [4.78, 5) is 12.3. The lowest BCUT2D eigenvalue weighted by atomic mass is 9.55. The van der Waals surface area contributed by atoms with E-state index in [9.17, 15) is 9.90 Å². The third-order valence-corrected chi connectivity index (χ3v) is 8.34. The van der Waals surface area contributed by atoms with Crippen LogP contribution in [0.3, 0.4) is 0 Å². The standard InChI is InChI=1S/C27H32O3/c1-27-16-15-22-21-11-9-20(30-26(29)14-7-18-5-3-2-4-6-18)17-19(21)8-10-23(22)24(27)12-13-25(27)28/h2-6,9,11,17,22-25,28H,7-8,10,12-16H2,1H3/t22?,23?,24?,25-,27-/m0/s1. The molecule has 0 aliphatic heterocycles. The van der Waals surface area contributed by atoms with Crippen LogP contribution in [-0.2, 0) is 17.6 Å². The second-order valence-electron chi connectivity index (χ2n) is 9.87. The number of hydrogen-bond donors (Lipinski definition) is 1. The molecule has 0 saturated heterocycles. The lowest BCUT2D eigenvalue weighted by molar-refractivity contribution is -0.134. The molecule has 3 unspecified atom stereocenters. The minimum atomic E-state index is -0.166. The largest absolute Gasteiger partial charge is 0.427 e. The zero-order chi connectivity index (χ0) is 20.7. The molecule has 2 fully saturated rings. The molecule has 0 amide bonds. The molecule has 0 radical (unpaired) electrons. The van der Waals surface area contributed by atoms with Crippen LogP contribution in [0.25, 0.3) is 0 Å². The first-order valence-electron chi connectivity index (χ1n) is 11.6. The summed E-state index contributed by atoms with van der Waals surface area (Å²) >= 11 is 0. The smallest absolute Gasteiger partial charge is 0.311 e. The monoisotopic (exact) mass is 404 g/mol. The molecule has 3 aliphatic carbocycles. The molecule has 3 heteroatoms. The molecule has 1 N–H and O–H groups in total. The predicted octanol–water partition coefficient (Wildman–Crippen LogP) is 5.44. The number of carbonyl (C=O) groups is 1. The zero-order valence-electron chi connectivity index (χ0n) is 17.8. The van der Waals surface area contributed by atoms with Gasteiger partial charge in [-0.05, 0) is 96.9 Å². The summed E-state index contributed by atoms with van der Waals surface area (Å²) in [5.41, 5.74) is 4.09. The van der Waals surface area contributed by atoms with E-state index in [2.05, 4.69) is 19.1 Å². The second kappa shape index (κ2) is 7.85. The van der Waals surface area contributed by atoms with E-state index in [1.807, 2.05) is 36.4 Å². The van der Waals surface area contributed by atoms with Crippen LogP contribution < -0.4 is 4.74 Å². The van der Waals surface area contributed by atoms with Crippen LogP contribution in [0.4, 0.5) is 0 Å². The van der Waals surface area contributed by atoms with E-state index in [1.165, 1.54) is 24.0 Å². The number of carbonyl (C=O) groups excluding carboxylic acids is 1. The maximum Gasteiger partial charge on any atom is 0.311 e. The average Bonchev–Trinajstić information content (AvgIpc) is 3.07. The molecule has 3 nitrogen and oxygen atoms in total. The number of aryl methyl sites for hydroxylation is 2. The van der Waals surface area contributed by atoms with Crippen molar-refractivity contribution in [2.45, 2.75) is 70.3 Å². The van der Waals surface area contributed by atoms with E-state index in [-0.39, 0.29) is 17.5 Å². The molecule has 5 atom stereocenters. The van der Waals surface area contributed by atoms with Crippen molar-refractivity contribution < 1.29 is 14.6 Å². The van der Waals surface area contributed by atoms with Gasteiger partial charge in [0.15, 0.2) is 0 Å². The molecular weight excluding hydrogens is 372 g/mol. The number of fused-ring (bicyclic) bond motifs is 5. The molecule has 0 spiro atoms. The van der Waals surface area contributed by atoms with E-state index in [0.29, 0.717) is 36.3 Å². The van der Waals surface area contributed by atoms with Crippen LogP contribution in [0, 0.1) is 17.3 Å². The molecular formula is C27H32O3. The summed E-state index contributed by atoms with van der Waals surface area (Å²) in [5.74, 6) is 2.45. The number of aliphatic hydroxyl groups excluding tert-OH is 1. The van der Waals surface area contributed by atoms with E-state index in [4.69, 9.17) is 4.74 Å². The summed E-state index contributed by atoms with van der Waals surface area (Å²) in [6, 6.07) is 16.4. The molecule has 5 rings (SSSR count). The Labute approximate surface area is 179 Å².